The normalized spacial score (nSPS) is 15.7. The summed E-state index contributed by atoms with van der Waals surface area (Å²) in [6, 6.07) is 5.11. The van der Waals surface area contributed by atoms with E-state index in [0.29, 0.717) is 23.8 Å². The second kappa shape index (κ2) is 10.8. The number of hydrogen-bond donors (Lipinski definition) is 1. The highest BCUT2D eigenvalue weighted by molar-refractivity contribution is 5.80. The predicted octanol–water partition coefficient (Wildman–Crippen LogP) is 3.78. The fraction of sp³-hybridized carbons (Fsp3) is 0.619. The summed E-state index contributed by atoms with van der Waals surface area (Å²) >= 11 is 0. The van der Waals surface area contributed by atoms with E-state index in [4.69, 9.17) is 14.2 Å². The highest BCUT2D eigenvalue weighted by Gasteiger charge is 2.18. The summed E-state index contributed by atoms with van der Waals surface area (Å²) in [5.74, 6) is 1.33. The second-order valence-electron chi connectivity index (χ2n) is 7.10. The molecule has 1 unspecified atom stereocenters. The van der Waals surface area contributed by atoms with Crippen LogP contribution in [0.1, 0.15) is 63.5 Å². The number of esters is 1. The van der Waals surface area contributed by atoms with E-state index >= 15 is 0 Å². The summed E-state index contributed by atoms with van der Waals surface area (Å²) in [5, 5.41) is 2.83. The molecule has 0 heterocycles. The molecular formula is C21H31NO5. The lowest BCUT2D eigenvalue weighted by molar-refractivity contribution is -0.149. The molecule has 0 aromatic heterocycles. The van der Waals surface area contributed by atoms with Gasteiger partial charge in [-0.3, -0.25) is 9.59 Å². The number of methoxy groups -OCH3 is 2. The molecule has 1 aliphatic carbocycles. The summed E-state index contributed by atoms with van der Waals surface area (Å²) in [6.45, 7) is 1.58. The SMILES string of the molecule is COc1ccc(OC)c(C(C)NC(=O)COC(=O)CCC2CCCCC2)c1. The molecule has 0 radical (unpaired) electrons. The molecule has 1 fully saturated rings. The van der Waals surface area contributed by atoms with E-state index in [2.05, 4.69) is 5.32 Å². The maximum Gasteiger partial charge on any atom is 0.306 e. The minimum Gasteiger partial charge on any atom is -0.497 e. The van der Waals surface area contributed by atoms with Gasteiger partial charge in [-0.05, 0) is 37.5 Å². The molecular weight excluding hydrogens is 346 g/mol. The number of carbonyl (C=O) groups excluding carboxylic acids is 2. The molecule has 1 atom stereocenters. The smallest absolute Gasteiger partial charge is 0.306 e. The number of carbonyl (C=O) groups is 2. The third-order valence-electron chi connectivity index (χ3n) is 5.13. The van der Waals surface area contributed by atoms with Crippen molar-refractivity contribution < 1.29 is 23.8 Å². The van der Waals surface area contributed by atoms with Gasteiger partial charge in [0.1, 0.15) is 11.5 Å². The van der Waals surface area contributed by atoms with Crippen LogP contribution in [-0.2, 0) is 14.3 Å². The lowest BCUT2D eigenvalue weighted by Gasteiger charge is -2.21. The first-order chi connectivity index (χ1) is 13.0. The van der Waals surface area contributed by atoms with Gasteiger partial charge in [-0.15, -0.1) is 0 Å². The number of nitrogens with one attached hydrogen (secondary N) is 1. The maximum atomic E-state index is 12.1. The van der Waals surface area contributed by atoms with Gasteiger partial charge in [-0.2, -0.15) is 0 Å². The average Bonchev–Trinajstić information content (AvgIpc) is 2.70. The van der Waals surface area contributed by atoms with Crippen molar-refractivity contribution in [2.45, 2.75) is 57.9 Å². The van der Waals surface area contributed by atoms with Crippen LogP contribution in [0.2, 0.25) is 0 Å². The maximum absolute atomic E-state index is 12.1. The number of amides is 1. The molecule has 6 heteroatoms. The Balaban J connectivity index is 1.76. The van der Waals surface area contributed by atoms with Gasteiger partial charge in [-0.25, -0.2) is 0 Å². The third kappa shape index (κ3) is 6.77. The van der Waals surface area contributed by atoms with E-state index in [1.54, 1.807) is 26.4 Å². The largest absolute Gasteiger partial charge is 0.497 e. The van der Waals surface area contributed by atoms with E-state index in [-0.39, 0.29) is 24.5 Å². The van der Waals surface area contributed by atoms with Crippen molar-refractivity contribution in [2.24, 2.45) is 5.92 Å². The summed E-state index contributed by atoms with van der Waals surface area (Å²) in [7, 11) is 3.16. The number of ether oxygens (including phenoxy) is 3. The molecule has 150 valence electrons. The van der Waals surface area contributed by atoms with E-state index in [9.17, 15) is 9.59 Å². The molecule has 1 aliphatic rings. The standard InChI is InChI=1S/C21H31NO5/c1-15(18-13-17(25-2)10-11-19(18)26-3)22-20(23)14-27-21(24)12-9-16-7-5-4-6-8-16/h10-11,13,15-16H,4-9,12,14H2,1-3H3,(H,22,23). The van der Waals surface area contributed by atoms with E-state index < -0.39 is 0 Å². The van der Waals surface area contributed by atoms with Gasteiger partial charge in [-0.1, -0.05) is 32.1 Å². The van der Waals surface area contributed by atoms with E-state index in [1.165, 1.54) is 32.1 Å². The zero-order chi connectivity index (χ0) is 19.6. The first-order valence-electron chi connectivity index (χ1n) is 9.70. The Bertz CT molecular complexity index is 625. The Morgan fingerprint density at radius 2 is 1.89 bits per heavy atom. The lowest BCUT2D eigenvalue weighted by Crippen LogP contribution is -2.31. The molecule has 0 bridgehead atoms. The molecule has 0 aliphatic heterocycles. The Morgan fingerprint density at radius 1 is 1.15 bits per heavy atom. The lowest BCUT2D eigenvalue weighted by atomic mass is 9.86. The Hall–Kier alpha value is -2.24. The fourth-order valence-electron chi connectivity index (χ4n) is 3.55. The Morgan fingerprint density at radius 3 is 2.56 bits per heavy atom. The average molecular weight is 377 g/mol. The van der Waals surface area contributed by atoms with Crippen molar-refractivity contribution >= 4 is 11.9 Å². The van der Waals surface area contributed by atoms with Crippen LogP contribution in [0.15, 0.2) is 18.2 Å². The first-order valence-corrected chi connectivity index (χ1v) is 9.70. The summed E-state index contributed by atoms with van der Waals surface area (Å²) < 4.78 is 15.7. The van der Waals surface area contributed by atoms with Crippen LogP contribution in [-0.4, -0.2) is 32.7 Å². The van der Waals surface area contributed by atoms with Crippen molar-refractivity contribution in [1.82, 2.24) is 5.32 Å². The molecule has 1 amide bonds. The molecule has 0 saturated heterocycles. The summed E-state index contributed by atoms with van der Waals surface area (Å²) in [4.78, 5) is 24.0. The third-order valence-corrected chi connectivity index (χ3v) is 5.13. The van der Waals surface area contributed by atoms with Crippen LogP contribution in [0.3, 0.4) is 0 Å². The molecule has 27 heavy (non-hydrogen) atoms. The molecule has 1 saturated carbocycles. The topological polar surface area (TPSA) is 73.9 Å². The Kier molecular flexibility index (Phi) is 8.43. The molecule has 0 spiro atoms. The Labute approximate surface area is 161 Å². The molecule has 1 aromatic carbocycles. The van der Waals surface area contributed by atoms with E-state index in [0.717, 1.165) is 12.0 Å². The van der Waals surface area contributed by atoms with Crippen LogP contribution >= 0.6 is 0 Å². The first kappa shape index (κ1) is 21.1. The summed E-state index contributed by atoms with van der Waals surface area (Å²) in [6.07, 6.45) is 7.47. The van der Waals surface area contributed by atoms with Gasteiger partial charge in [0, 0.05) is 12.0 Å². The van der Waals surface area contributed by atoms with Crippen LogP contribution < -0.4 is 14.8 Å². The van der Waals surface area contributed by atoms with Crippen LogP contribution in [0.25, 0.3) is 0 Å². The van der Waals surface area contributed by atoms with Crippen molar-refractivity contribution in [2.75, 3.05) is 20.8 Å². The number of rotatable bonds is 9. The van der Waals surface area contributed by atoms with Gasteiger partial charge < -0.3 is 19.5 Å². The van der Waals surface area contributed by atoms with Crippen molar-refractivity contribution in [3.05, 3.63) is 23.8 Å². The van der Waals surface area contributed by atoms with Crippen molar-refractivity contribution in [1.29, 1.82) is 0 Å². The fourth-order valence-corrected chi connectivity index (χ4v) is 3.55. The molecule has 6 nitrogen and oxygen atoms in total. The minimum absolute atomic E-state index is 0.264. The quantitative estimate of drug-likeness (QED) is 0.663. The van der Waals surface area contributed by atoms with Gasteiger partial charge in [0.15, 0.2) is 6.61 Å². The van der Waals surface area contributed by atoms with Crippen LogP contribution in [0, 0.1) is 5.92 Å². The molecule has 2 rings (SSSR count). The molecule has 1 N–H and O–H groups in total. The zero-order valence-corrected chi connectivity index (χ0v) is 16.6. The van der Waals surface area contributed by atoms with Gasteiger partial charge >= 0.3 is 5.97 Å². The van der Waals surface area contributed by atoms with Crippen LogP contribution in [0.5, 0.6) is 11.5 Å². The van der Waals surface area contributed by atoms with Crippen LogP contribution in [0.4, 0.5) is 0 Å². The summed E-state index contributed by atoms with van der Waals surface area (Å²) in [5.41, 5.74) is 0.800. The minimum atomic E-state index is -0.335. The van der Waals surface area contributed by atoms with Gasteiger partial charge in [0.25, 0.3) is 5.91 Å². The highest BCUT2D eigenvalue weighted by Crippen LogP contribution is 2.29. The number of benzene rings is 1. The zero-order valence-electron chi connectivity index (χ0n) is 16.6. The second-order valence-corrected chi connectivity index (χ2v) is 7.10. The highest BCUT2D eigenvalue weighted by atomic mass is 16.5. The van der Waals surface area contributed by atoms with E-state index in [1.807, 2.05) is 13.0 Å². The monoisotopic (exact) mass is 377 g/mol. The van der Waals surface area contributed by atoms with Gasteiger partial charge in [0.05, 0.1) is 20.3 Å². The number of hydrogen-bond acceptors (Lipinski definition) is 5. The molecule has 1 aromatic rings. The van der Waals surface area contributed by atoms with Crippen molar-refractivity contribution in [3.8, 4) is 11.5 Å². The van der Waals surface area contributed by atoms with Gasteiger partial charge in [0.2, 0.25) is 0 Å². The van der Waals surface area contributed by atoms with Crippen molar-refractivity contribution in [3.63, 3.8) is 0 Å². The predicted molar refractivity (Wildman–Crippen MR) is 103 cm³/mol.